The molecule has 5 N–H and O–H groups in total. The number of amides is 2. The van der Waals surface area contributed by atoms with Crippen molar-refractivity contribution in [2.24, 2.45) is 5.41 Å². The zero-order chi connectivity index (χ0) is 39.3. The highest BCUT2D eigenvalue weighted by atomic mass is 16.7. The summed E-state index contributed by atoms with van der Waals surface area (Å²) in [6.45, 7) is 10.8. The summed E-state index contributed by atoms with van der Waals surface area (Å²) < 4.78 is 23.8. The van der Waals surface area contributed by atoms with E-state index in [4.69, 9.17) is 18.9 Å². The molecule has 1 atom stereocenters. The Balaban J connectivity index is 1.48. The van der Waals surface area contributed by atoms with Gasteiger partial charge in [0.15, 0.2) is 12.6 Å². The highest BCUT2D eigenvalue weighted by Gasteiger charge is 2.41. The van der Waals surface area contributed by atoms with Crippen LogP contribution in [0, 0.1) is 5.41 Å². The van der Waals surface area contributed by atoms with Gasteiger partial charge in [-0.25, -0.2) is 0 Å². The molecular formula is C36H65N7O11. The molecule has 0 aromatic rings. The number of carboxylic acid groups (broad SMARTS) is 2. The zero-order valence-corrected chi connectivity index (χ0v) is 32.6. The SMILES string of the molecule is CCN1CCN(CC(=O)O)CCN(CC(=O)O)CCN(CC(=O)NC(CCC(C)=O)C(=O)NCCCC2OCC3(COC(CCCNC)OC3)CO2)CC1. The van der Waals surface area contributed by atoms with Crippen LogP contribution < -0.4 is 16.0 Å². The van der Waals surface area contributed by atoms with Gasteiger partial charge in [-0.3, -0.25) is 33.9 Å². The predicted molar refractivity (Wildman–Crippen MR) is 198 cm³/mol. The van der Waals surface area contributed by atoms with Crippen LogP contribution in [0.15, 0.2) is 0 Å². The first kappa shape index (κ1) is 45.6. The van der Waals surface area contributed by atoms with Crippen molar-refractivity contribution in [3.63, 3.8) is 0 Å². The van der Waals surface area contributed by atoms with E-state index in [0.717, 1.165) is 25.9 Å². The number of carbonyl (C=O) groups excluding carboxylic acids is 3. The molecule has 310 valence electrons. The molecule has 3 aliphatic heterocycles. The highest BCUT2D eigenvalue weighted by molar-refractivity contribution is 5.89. The van der Waals surface area contributed by atoms with E-state index in [1.54, 1.807) is 4.90 Å². The number of ether oxygens (including phenoxy) is 4. The van der Waals surface area contributed by atoms with Crippen LogP contribution in [0.25, 0.3) is 0 Å². The van der Waals surface area contributed by atoms with E-state index in [2.05, 4.69) is 20.9 Å². The lowest BCUT2D eigenvalue weighted by Crippen LogP contribution is -2.52. The van der Waals surface area contributed by atoms with E-state index in [9.17, 15) is 34.2 Å². The van der Waals surface area contributed by atoms with E-state index in [0.29, 0.717) is 98.2 Å². The van der Waals surface area contributed by atoms with Crippen LogP contribution in [-0.2, 0) is 42.9 Å². The molecule has 3 fully saturated rings. The molecule has 18 heteroatoms. The number of aliphatic carboxylic acids is 2. The van der Waals surface area contributed by atoms with Gasteiger partial charge in [-0.05, 0) is 52.7 Å². The van der Waals surface area contributed by atoms with Crippen molar-refractivity contribution in [1.82, 2.24) is 35.6 Å². The van der Waals surface area contributed by atoms with Crippen LogP contribution in [0.2, 0.25) is 0 Å². The van der Waals surface area contributed by atoms with E-state index >= 15 is 0 Å². The number of likely N-dealkylation sites (N-methyl/N-ethyl adjacent to an activating group) is 1. The van der Waals surface area contributed by atoms with Crippen molar-refractivity contribution < 1.29 is 53.1 Å². The van der Waals surface area contributed by atoms with Crippen LogP contribution in [0.1, 0.15) is 52.4 Å². The first-order valence-electron chi connectivity index (χ1n) is 19.4. The Morgan fingerprint density at radius 2 is 1.15 bits per heavy atom. The van der Waals surface area contributed by atoms with Crippen LogP contribution in [0.4, 0.5) is 0 Å². The topological polar surface area (TPSA) is 212 Å². The van der Waals surface area contributed by atoms with Crippen molar-refractivity contribution in [3.8, 4) is 0 Å². The molecule has 1 unspecified atom stereocenters. The summed E-state index contributed by atoms with van der Waals surface area (Å²) in [6, 6.07) is -0.903. The molecule has 3 aliphatic rings. The summed E-state index contributed by atoms with van der Waals surface area (Å²) >= 11 is 0. The van der Waals surface area contributed by atoms with Gasteiger partial charge in [-0.2, -0.15) is 0 Å². The number of rotatable bonds is 20. The van der Waals surface area contributed by atoms with Gasteiger partial charge in [0.05, 0.1) is 51.5 Å². The summed E-state index contributed by atoms with van der Waals surface area (Å²) in [4.78, 5) is 69.2. The van der Waals surface area contributed by atoms with Gasteiger partial charge in [0.1, 0.15) is 11.8 Å². The number of nitrogens with zero attached hydrogens (tertiary/aromatic N) is 4. The Morgan fingerprint density at radius 1 is 0.704 bits per heavy atom. The van der Waals surface area contributed by atoms with Gasteiger partial charge < -0.3 is 54.8 Å². The second-order valence-electron chi connectivity index (χ2n) is 14.7. The average molecular weight is 772 g/mol. The Labute approximate surface area is 319 Å². The Morgan fingerprint density at radius 3 is 1.57 bits per heavy atom. The van der Waals surface area contributed by atoms with Gasteiger partial charge in [-0.1, -0.05) is 6.92 Å². The predicted octanol–water partition coefficient (Wildman–Crippen LogP) is -1.12. The number of ketones is 1. The lowest BCUT2D eigenvalue weighted by atomic mass is 9.90. The first-order chi connectivity index (χ1) is 25.9. The Kier molecular flexibility index (Phi) is 20.8. The molecule has 3 rings (SSSR count). The minimum absolute atomic E-state index is 0.0155. The third kappa shape index (κ3) is 17.8. The van der Waals surface area contributed by atoms with E-state index < -0.39 is 24.3 Å². The van der Waals surface area contributed by atoms with Crippen LogP contribution in [0.5, 0.6) is 0 Å². The largest absolute Gasteiger partial charge is 0.480 e. The number of hydrogen-bond donors (Lipinski definition) is 5. The lowest BCUT2D eigenvalue weighted by Gasteiger charge is -2.43. The second-order valence-corrected chi connectivity index (χ2v) is 14.7. The number of Topliss-reactive ketones (excluding diaryl/α,β-unsaturated/α-hetero) is 1. The average Bonchev–Trinajstić information content (AvgIpc) is 3.13. The number of carboxylic acids is 2. The molecule has 1 spiro atoms. The molecule has 0 radical (unpaired) electrons. The Hall–Kier alpha value is -2.81. The normalized spacial score (nSPS) is 24.9. The number of carbonyl (C=O) groups is 5. The third-order valence-corrected chi connectivity index (χ3v) is 9.98. The van der Waals surface area contributed by atoms with Gasteiger partial charge >= 0.3 is 11.9 Å². The maximum absolute atomic E-state index is 13.4. The summed E-state index contributed by atoms with van der Waals surface area (Å²) in [6.07, 6.45) is 2.62. The Bertz CT molecular complexity index is 1160. The van der Waals surface area contributed by atoms with Gasteiger partial charge in [-0.15, -0.1) is 0 Å². The first-order valence-corrected chi connectivity index (χ1v) is 19.4. The molecule has 18 nitrogen and oxygen atoms in total. The van der Waals surface area contributed by atoms with Gasteiger partial charge in [0.2, 0.25) is 11.8 Å². The summed E-state index contributed by atoms with van der Waals surface area (Å²) in [5.41, 5.74) is -0.325. The zero-order valence-electron chi connectivity index (χ0n) is 32.6. The minimum atomic E-state index is -0.992. The maximum Gasteiger partial charge on any atom is 0.317 e. The summed E-state index contributed by atoms with van der Waals surface area (Å²) in [5.74, 6) is -2.76. The molecule has 2 amide bonds. The van der Waals surface area contributed by atoms with Crippen molar-refractivity contribution >= 4 is 29.5 Å². The number of hydrogen-bond acceptors (Lipinski definition) is 14. The fraction of sp³-hybridized carbons (Fsp3) is 0.861. The standard InChI is InChI=1S/C36H65N7O11/c1-4-40-13-15-41(17-18-43(23-32(48)49)20-19-42(16-14-40)22-31(46)47)21-30(45)39-29(10-9-28(2)44)35(50)38-12-6-8-34-53-26-36(27-54-34)24-51-33(52-25-36)7-5-11-37-3/h29,33-34,37H,4-27H2,1-3H3,(H,38,50)(H,39,45)(H,46,47)(H,48,49). The smallest absolute Gasteiger partial charge is 0.317 e. The molecule has 0 aliphatic carbocycles. The lowest BCUT2D eigenvalue weighted by molar-refractivity contribution is -0.304. The molecule has 3 heterocycles. The van der Waals surface area contributed by atoms with E-state index in [1.165, 1.54) is 6.92 Å². The fourth-order valence-corrected chi connectivity index (χ4v) is 6.62. The summed E-state index contributed by atoms with van der Waals surface area (Å²) in [5, 5.41) is 27.7. The monoisotopic (exact) mass is 771 g/mol. The fourth-order valence-electron chi connectivity index (χ4n) is 6.62. The maximum atomic E-state index is 13.4. The van der Waals surface area contributed by atoms with Crippen LogP contribution in [-0.4, -0.2) is 203 Å². The quantitative estimate of drug-likeness (QED) is 0.0928. The van der Waals surface area contributed by atoms with Gasteiger partial charge in [0.25, 0.3) is 0 Å². The molecule has 0 aromatic carbocycles. The molecule has 3 saturated heterocycles. The molecule has 54 heavy (non-hydrogen) atoms. The van der Waals surface area contributed by atoms with Crippen LogP contribution >= 0.6 is 0 Å². The van der Waals surface area contributed by atoms with Crippen molar-refractivity contribution in [2.75, 3.05) is 125 Å². The van der Waals surface area contributed by atoms with Crippen molar-refractivity contribution in [1.29, 1.82) is 0 Å². The van der Waals surface area contributed by atoms with Crippen molar-refractivity contribution in [2.45, 2.75) is 71.0 Å². The molecule has 0 aromatic heterocycles. The number of nitrogens with one attached hydrogen (secondary N) is 3. The van der Waals surface area contributed by atoms with E-state index in [-0.39, 0.29) is 61.8 Å². The molecule has 0 saturated carbocycles. The summed E-state index contributed by atoms with van der Waals surface area (Å²) in [7, 11) is 1.92. The van der Waals surface area contributed by atoms with E-state index in [1.807, 2.05) is 23.8 Å². The third-order valence-electron chi connectivity index (χ3n) is 9.98. The second kappa shape index (κ2) is 24.7. The van der Waals surface area contributed by atoms with Gasteiger partial charge in [0, 0.05) is 71.7 Å². The molecule has 0 bridgehead atoms. The highest BCUT2D eigenvalue weighted by Crippen LogP contribution is 2.31. The molecular weight excluding hydrogens is 706 g/mol. The van der Waals surface area contributed by atoms with Crippen LogP contribution in [0.3, 0.4) is 0 Å². The van der Waals surface area contributed by atoms with Crippen molar-refractivity contribution in [3.05, 3.63) is 0 Å². The minimum Gasteiger partial charge on any atom is -0.480 e.